The molecule has 0 amide bonds. The van der Waals surface area contributed by atoms with Gasteiger partial charge in [-0.1, -0.05) is 0 Å². The van der Waals surface area contributed by atoms with Crippen LogP contribution in [0.2, 0.25) is 0 Å². The molecular formula is C35H52O6. The third kappa shape index (κ3) is 12.1. The van der Waals surface area contributed by atoms with Gasteiger partial charge in [0.25, 0.3) is 0 Å². The second-order valence-corrected chi connectivity index (χ2v) is 15.2. The molecule has 2 aromatic carbocycles. The summed E-state index contributed by atoms with van der Waals surface area (Å²) in [5.41, 5.74) is -1.45. The van der Waals surface area contributed by atoms with Crippen molar-refractivity contribution in [3.8, 4) is 28.7 Å². The van der Waals surface area contributed by atoms with E-state index >= 15 is 0 Å². The molecule has 0 aliphatic carbocycles. The standard InChI is InChI=1S/C35H52O6/c1-31(2,3)37-24-17-19-26(38-32(4,5)6)23(22-24)16-18-25(36)29-27(39-33(7,8)9)20-21-28(40-34(10,11)12)30(29)41-35(13,14)15/h16-22H,1-15H3. The quantitative estimate of drug-likeness (QED) is 0.233. The molecule has 0 fully saturated rings. The number of hydrogen-bond donors (Lipinski definition) is 0. The van der Waals surface area contributed by atoms with Gasteiger partial charge in [0.2, 0.25) is 0 Å². The number of ether oxygens (including phenoxy) is 5. The summed E-state index contributed by atoms with van der Waals surface area (Å²) in [5.74, 6) is 2.28. The number of allylic oxidation sites excluding steroid dienone is 1. The van der Waals surface area contributed by atoms with E-state index in [1.807, 2.05) is 122 Å². The molecule has 0 N–H and O–H groups in total. The van der Waals surface area contributed by atoms with Gasteiger partial charge in [-0.15, -0.1) is 0 Å². The monoisotopic (exact) mass is 568 g/mol. The molecule has 228 valence electrons. The van der Waals surface area contributed by atoms with Crippen LogP contribution in [0.5, 0.6) is 28.7 Å². The van der Waals surface area contributed by atoms with Crippen molar-refractivity contribution in [3.63, 3.8) is 0 Å². The Morgan fingerprint density at radius 3 is 1.44 bits per heavy atom. The average Bonchev–Trinajstić information content (AvgIpc) is 2.70. The predicted octanol–water partition coefficient (Wildman–Crippen LogP) is 9.47. The molecule has 6 nitrogen and oxygen atoms in total. The van der Waals surface area contributed by atoms with E-state index in [0.29, 0.717) is 39.9 Å². The third-order valence-electron chi connectivity index (χ3n) is 4.81. The lowest BCUT2D eigenvalue weighted by molar-refractivity contribution is 0.0871. The molecule has 2 aromatic rings. The molecule has 0 unspecified atom stereocenters. The van der Waals surface area contributed by atoms with Crippen LogP contribution in [0, 0.1) is 0 Å². The van der Waals surface area contributed by atoms with Gasteiger partial charge in [0.15, 0.2) is 17.3 Å². The van der Waals surface area contributed by atoms with Crippen molar-refractivity contribution >= 4 is 11.9 Å². The number of rotatable bonds is 8. The Morgan fingerprint density at radius 1 is 0.537 bits per heavy atom. The first-order chi connectivity index (χ1) is 18.3. The van der Waals surface area contributed by atoms with Crippen LogP contribution in [0.3, 0.4) is 0 Å². The Balaban J connectivity index is 2.74. The molecule has 0 atom stereocenters. The Bertz CT molecular complexity index is 1240. The molecular weight excluding hydrogens is 516 g/mol. The number of ketones is 1. The first-order valence-electron chi connectivity index (χ1n) is 14.3. The Labute approximate surface area is 248 Å². The van der Waals surface area contributed by atoms with Crippen LogP contribution >= 0.6 is 0 Å². The summed E-state index contributed by atoms with van der Waals surface area (Å²) in [5, 5.41) is 0. The highest BCUT2D eigenvalue weighted by Gasteiger charge is 2.29. The van der Waals surface area contributed by atoms with Crippen LogP contribution in [0.4, 0.5) is 0 Å². The summed E-state index contributed by atoms with van der Waals surface area (Å²) in [6.07, 6.45) is 3.27. The largest absolute Gasteiger partial charge is 0.488 e. The highest BCUT2D eigenvalue weighted by atomic mass is 16.5. The summed E-state index contributed by atoms with van der Waals surface area (Å²) in [7, 11) is 0. The minimum absolute atomic E-state index is 0.285. The lowest BCUT2D eigenvalue weighted by Crippen LogP contribution is -2.28. The molecule has 0 radical (unpaired) electrons. The summed E-state index contributed by atoms with van der Waals surface area (Å²) >= 11 is 0. The fourth-order valence-electron chi connectivity index (χ4n) is 3.76. The van der Waals surface area contributed by atoms with Crippen molar-refractivity contribution in [3.05, 3.63) is 47.5 Å². The molecule has 6 heteroatoms. The average molecular weight is 569 g/mol. The van der Waals surface area contributed by atoms with Gasteiger partial charge in [0.05, 0.1) is 0 Å². The highest BCUT2D eigenvalue weighted by molar-refractivity contribution is 6.11. The fraction of sp³-hybridized carbons (Fsp3) is 0.571. The Hall–Kier alpha value is -3.15. The van der Waals surface area contributed by atoms with Gasteiger partial charge in [-0.2, -0.15) is 0 Å². The minimum atomic E-state index is -0.596. The highest BCUT2D eigenvalue weighted by Crippen LogP contribution is 2.43. The molecule has 0 aliphatic heterocycles. The Kier molecular flexibility index (Phi) is 9.96. The maximum Gasteiger partial charge on any atom is 0.193 e. The molecule has 2 rings (SSSR count). The number of carbonyl (C=O) groups excluding carboxylic acids is 1. The van der Waals surface area contributed by atoms with Crippen LogP contribution in [0.15, 0.2) is 36.4 Å². The molecule has 0 spiro atoms. The third-order valence-corrected chi connectivity index (χ3v) is 4.81. The molecule has 41 heavy (non-hydrogen) atoms. The van der Waals surface area contributed by atoms with Gasteiger partial charge in [0, 0.05) is 5.56 Å². The summed E-state index contributed by atoms with van der Waals surface area (Å²) < 4.78 is 31.3. The molecule has 0 saturated heterocycles. The SMILES string of the molecule is CC(C)(C)Oc1ccc(OC(C)(C)C)c(C=CC(=O)c2c(OC(C)(C)C)ccc(OC(C)(C)C)c2OC(C)(C)C)c1. The van der Waals surface area contributed by atoms with E-state index in [9.17, 15) is 4.79 Å². The van der Waals surface area contributed by atoms with Crippen molar-refractivity contribution in [1.29, 1.82) is 0 Å². The molecule has 0 aliphatic rings. The van der Waals surface area contributed by atoms with Crippen LogP contribution in [-0.2, 0) is 0 Å². The Morgan fingerprint density at radius 2 is 0.951 bits per heavy atom. The molecule has 0 heterocycles. The first kappa shape index (κ1) is 34.1. The van der Waals surface area contributed by atoms with Crippen LogP contribution in [0.1, 0.15) is 120 Å². The molecule has 0 saturated carbocycles. The zero-order valence-electron chi connectivity index (χ0n) is 28.0. The lowest BCUT2D eigenvalue weighted by atomic mass is 10.0. The van der Waals surface area contributed by atoms with Crippen molar-refractivity contribution in [2.75, 3.05) is 0 Å². The normalized spacial score (nSPS) is 13.2. The second-order valence-electron chi connectivity index (χ2n) is 15.2. The number of hydrogen-bond acceptors (Lipinski definition) is 6. The maximum absolute atomic E-state index is 14.1. The molecule has 0 bridgehead atoms. The predicted molar refractivity (Wildman–Crippen MR) is 168 cm³/mol. The van der Waals surface area contributed by atoms with Gasteiger partial charge in [-0.25, -0.2) is 0 Å². The smallest absolute Gasteiger partial charge is 0.193 e. The van der Waals surface area contributed by atoms with Gasteiger partial charge < -0.3 is 23.7 Å². The van der Waals surface area contributed by atoms with E-state index in [1.165, 1.54) is 6.08 Å². The van der Waals surface area contributed by atoms with Gasteiger partial charge in [0.1, 0.15) is 50.8 Å². The van der Waals surface area contributed by atoms with Gasteiger partial charge >= 0.3 is 0 Å². The van der Waals surface area contributed by atoms with Crippen LogP contribution in [-0.4, -0.2) is 33.8 Å². The van der Waals surface area contributed by atoms with Crippen molar-refractivity contribution in [2.45, 2.75) is 132 Å². The van der Waals surface area contributed by atoms with Crippen molar-refractivity contribution in [2.24, 2.45) is 0 Å². The number of benzene rings is 2. The van der Waals surface area contributed by atoms with Gasteiger partial charge in [-0.05, 0) is 146 Å². The van der Waals surface area contributed by atoms with Crippen molar-refractivity contribution in [1.82, 2.24) is 0 Å². The van der Waals surface area contributed by atoms with Crippen LogP contribution < -0.4 is 23.7 Å². The summed E-state index contributed by atoms with van der Waals surface area (Å²) in [6.45, 7) is 29.4. The van der Waals surface area contributed by atoms with Crippen LogP contribution in [0.25, 0.3) is 6.08 Å². The zero-order valence-corrected chi connectivity index (χ0v) is 28.0. The van der Waals surface area contributed by atoms with E-state index in [0.717, 1.165) is 0 Å². The zero-order chi connectivity index (χ0) is 31.6. The first-order valence-corrected chi connectivity index (χ1v) is 14.3. The van der Waals surface area contributed by atoms with Crippen molar-refractivity contribution < 1.29 is 28.5 Å². The summed E-state index contributed by atoms with van der Waals surface area (Å²) in [6, 6.07) is 9.21. The minimum Gasteiger partial charge on any atom is -0.488 e. The number of carbonyl (C=O) groups is 1. The lowest BCUT2D eigenvalue weighted by Gasteiger charge is -2.30. The molecule has 0 aromatic heterocycles. The fourth-order valence-corrected chi connectivity index (χ4v) is 3.76. The maximum atomic E-state index is 14.1. The topological polar surface area (TPSA) is 63.2 Å². The van der Waals surface area contributed by atoms with Gasteiger partial charge in [-0.3, -0.25) is 4.79 Å². The summed E-state index contributed by atoms with van der Waals surface area (Å²) in [4.78, 5) is 14.1. The van der Waals surface area contributed by atoms with E-state index in [4.69, 9.17) is 23.7 Å². The van der Waals surface area contributed by atoms with E-state index in [1.54, 1.807) is 18.2 Å². The second kappa shape index (κ2) is 12.0. The van der Waals surface area contributed by atoms with E-state index in [-0.39, 0.29) is 11.4 Å². The van der Waals surface area contributed by atoms with E-state index in [2.05, 4.69) is 0 Å². The van der Waals surface area contributed by atoms with E-state index < -0.39 is 22.4 Å².